The van der Waals surface area contributed by atoms with Gasteiger partial charge in [-0.05, 0) is 57.4 Å². The van der Waals surface area contributed by atoms with Gasteiger partial charge in [-0.2, -0.15) is 0 Å². The van der Waals surface area contributed by atoms with Crippen molar-refractivity contribution in [2.24, 2.45) is 5.73 Å². The summed E-state index contributed by atoms with van der Waals surface area (Å²) in [5.41, 5.74) is 10.5. The summed E-state index contributed by atoms with van der Waals surface area (Å²) in [7, 11) is 0. The number of hydrogen-bond donors (Lipinski definition) is 2. The lowest BCUT2D eigenvalue weighted by atomic mass is 9.99. The molecule has 1 heterocycles. The van der Waals surface area contributed by atoms with E-state index in [2.05, 4.69) is 43.2 Å². The molecule has 2 rings (SSSR count). The molecule has 4 nitrogen and oxygen atoms in total. The molecule has 3 N–H and O–H groups in total. The number of carbonyl (C=O) groups excluding carboxylic acids is 1. The zero-order chi connectivity index (χ0) is 15.8. The van der Waals surface area contributed by atoms with Crippen molar-refractivity contribution in [2.45, 2.75) is 40.2 Å². The highest BCUT2D eigenvalue weighted by atomic mass is 32.1. The number of benzene rings is 1. The van der Waals surface area contributed by atoms with Gasteiger partial charge in [0, 0.05) is 10.9 Å². The molecule has 0 saturated carbocycles. The van der Waals surface area contributed by atoms with Crippen LogP contribution in [0.4, 0.5) is 5.13 Å². The zero-order valence-corrected chi connectivity index (χ0v) is 13.9. The molecule has 1 amide bonds. The van der Waals surface area contributed by atoms with E-state index in [1.54, 1.807) is 13.8 Å². The Morgan fingerprint density at radius 1 is 1.19 bits per heavy atom. The summed E-state index contributed by atoms with van der Waals surface area (Å²) in [6.45, 7) is 9.60. The van der Waals surface area contributed by atoms with Crippen LogP contribution in [0.1, 0.15) is 30.5 Å². The molecular weight excluding hydrogens is 282 g/mol. The molecule has 0 radical (unpaired) electrons. The van der Waals surface area contributed by atoms with E-state index < -0.39 is 5.54 Å². The molecule has 0 fully saturated rings. The molecule has 0 saturated heterocycles. The van der Waals surface area contributed by atoms with Crippen molar-refractivity contribution in [2.75, 3.05) is 5.32 Å². The number of aromatic nitrogens is 1. The fraction of sp³-hybridized carbons (Fsp3) is 0.375. The Balaban J connectivity index is 2.29. The van der Waals surface area contributed by atoms with Gasteiger partial charge in [0.2, 0.25) is 5.91 Å². The second-order valence-electron chi connectivity index (χ2n) is 5.97. The Morgan fingerprint density at radius 3 is 2.43 bits per heavy atom. The van der Waals surface area contributed by atoms with Crippen LogP contribution < -0.4 is 11.1 Å². The van der Waals surface area contributed by atoms with Gasteiger partial charge < -0.3 is 11.1 Å². The number of thiazole rings is 1. The number of aryl methyl sites for hydroxylation is 3. The van der Waals surface area contributed by atoms with Crippen LogP contribution in [0.5, 0.6) is 0 Å². The van der Waals surface area contributed by atoms with Crippen molar-refractivity contribution < 1.29 is 4.79 Å². The number of nitrogens with two attached hydrogens (primary N) is 1. The number of nitrogens with zero attached hydrogens (tertiary/aromatic N) is 1. The van der Waals surface area contributed by atoms with Gasteiger partial charge in [-0.25, -0.2) is 4.98 Å². The second kappa shape index (κ2) is 5.58. The lowest BCUT2D eigenvalue weighted by Crippen LogP contribution is -2.45. The highest BCUT2D eigenvalue weighted by Gasteiger charge is 2.23. The standard InChI is InChI=1S/C16H21N3OS/c1-9-6-11(3)12(7-10(9)2)13-8-21-15(18-13)19-14(20)16(4,5)17/h6-8H,17H2,1-5H3,(H,18,19,20). The van der Waals surface area contributed by atoms with Gasteiger partial charge in [-0.15, -0.1) is 11.3 Å². The van der Waals surface area contributed by atoms with Crippen molar-refractivity contribution in [3.05, 3.63) is 34.2 Å². The normalized spacial score (nSPS) is 11.5. The maximum atomic E-state index is 11.9. The Morgan fingerprint density at radius 2 is 1.81 bits per heavy atom. The number of carbonyl (C=O) groups is 1. The first-order chi connectivity index (χ1) is 9.68. The summed E-state index contributed by atoms with van der Waals surface area (Å²) in [6, 6.07) is 4.30. The first-order valence-electron chi connectivity index (χ1n) is 6.82. The fourth-order valence-electron chi connectivity index (χ4n) is 1.95. The predicted molar refractivity (Wildman–Crippen MR) is 88.7 cm³/mol. The molecule has 0 bridgehead atoms. The Labute approximate surface area is 129 Å². The minimum atomic E-state index is -0.914. The first kappa shape index (κ1) is 15.7. The zero-order valence-electron chi connectivity index (χ0n) is 13.1. The number of nitrogens with one attached hydrogen (secondary N) is 1. The van der Waals surface area contributed by atoms with Gasteiger partial charge in [0.25, 0.3) is 0 Å². The van der Waals surface area contributed by atoms with Crippen LogP contribution in [0.15, 0.2) is 17.5 Å². The average molecular weight is 303 g/mol. The summed E-state index contributed by atoms with van der Waals surface area (Å²) in [5, 5.41) is 5.29. The largest absolute Gasteiger partial charge is 0.318 e. The van der Waals surface area contributed by atoms with Crippen molar-refractivity contribution in [1.29, 1.82) is 0 Å². The number of hydrogen-bond acceptors (Lipinski definition) is 4. The third kappa shape index (κ3) is 3.49. The topological polar surface area (TPSA) is 68.0 Å². The van der Waals surface area contributed by atoms with E-state index >= 15 is 0 Å². The van der Waals surface area contributed by atoms with Crippen LogP contribution in [0.25, 0.3) is 11.3 Å². The van der Waals surface area contributed by atoms with Gasteiger partial charge in [0.1, 0.15) is 0 Å². The molecule has 21 heavy (non-hydrogen) atoms. The Kier molecular flexibility index (Phi) is 4.16. The SMILES string of the molecule is Cc1cc(C)c(-c2csc(NC(=O)C(C)(C)N)n2)cc1C. The van der Waals surface area contributed by atoms with Gasteiger partial charge in [0.05, 0.1) is 11.2 Å². The Bertz CT molecular complexity index is 683. The van der Waals surface area contributed by atoms with E-state index in [0.29, 0.717) is 5.13 Å². The molecule has 0 aliphatic heterocycles. The predicted octanol–water partition coefficient (Wildman–Crippen LogP) is 3.41. The van der Waals surface area contributed by atoms with E-state index in [1.165, 1.54) is 28.0 Å². The van der Waals surface area contributed by atoms with Gasteiger partial charge >= 0.3 is 0 Å². The quantitative estimate of drug-likeness (QED) is 0.913. The minimum Gasteiger partial charge on any atom is -0.318 e. The molecule has 0 aliphatic carbocycles. The van der Waals surface area contributed by atoms with Crippen LogP contribution in [0.3, 0.4) is 0 Å². The van der Waals surface area contributed by atoms with Gasteiger partial charge in [-0.3, -0.25) is 4.79 Å². The minimum absolute atomic E-state index is 0.236. The van der Waals surface area contributed by atoms with Crippen LogP contribution in [-0.2, 0) is 4.79 Å². The summed E-state index contributed by atoms with van der Waals surface area (Å²) >= 11 is 1.41. The van der Waals surface area contributed by atoms with E-state index in [4.69, 9.17) is 5.73 Å². The average Bonchev–Trinajstić information content (AvgIpc) is 2.81. The van der Waals surface area contributed by atoms with Crippen molar-refractivity contribution in [3.63, 3.8) is 0 Å². The molecule has 0 aliphatic rings. The monoisotopic (exact) mass is 303 g/mol. The highest BCUT2D eigenvalue weighted by Crippen LogP contribution is 2.29. The van der Waals surface area contributed by atoms with Crippen LogP contribution in [0, 0.1) is 20.8 Å². The molecular formula is C16H21N3OS. The Hall–Kier alpha value is -1.72. The summed E-state index contributed by atoms with van der Waals surface area (Å²) in [4.78, 5) is 16.4. The molecule has 0 spiro atoms. The number of amides is 1. The molecule has 0 atom stereocenters. The van der Waals surface area contributed by atoms with Crippen molar-refractivity contribution >= 4 is 22.4 Å². The van der Waals surface area contributed by atoms with E-state index in [9.17, 15) is 4.79 Å². The summed E-state index contributed by atoms with van der Waals surface area (Å²) < 4.78 is 0. The van der Waals surface area contributed by atoms with E-state index in [0.717, 1.165) is 11.3 Å². The molecule has 2 aromatic rings. The van der Waals surface area contributed by atoms with Gasteiger partial charge in [0.15, 0.2) is 5.13 Å². The molecule has 1 aromatic carbocycles. The van der Waals surface area contributed by atoms with Crippen LogP contribution in [-0.4, -0.2) is 16.4 Å². The first-order valence-corrected chi connectivity index (χ1v) is 7.70. The van der Waals surface area contributed by atoms with E-state index in [1.807, 2.05) is 5.38 Å². The summed E-state index contributed by atoms with van der Waals surface area (Å²) in [5.74, 6) is -0.236. The fourth-order valence-corrected chi connectivity index (χ4v) is 2.66. The third-order valence-corrected chi connectivity index (χ3v) is 4.18. The number of rotatable bonds is 3. The lowest BCUT2D eigenvalue weighted by Gasteiger charge is -2.16. The maximum Gasteiger partial charge on any atom is 0.245 e. The second-order valence-corrected chi connectivity index (χ2v) is 6.82. The number of anilines is 1. The van der Waals surface area contributed by atoms with E-state index in [-0.39, 0.29) is 5.91 Å². The van der Waals surface area contributed by atoms with Crippen molar-refractivity contribution in [1.82, 2.24) is 4.98 Å². The lowest BCUT2D eigenvalue weighted by molar-refractivity contribution is -0.120. The summed E-state index contributed by atoms with van der Waals surface area (Å²) in [6.07, 6.45) is 0. The molecule has 1 aromatic heterocycles. The van der Waals surface area contributed by atoms with Crippen LogP contribution in [0.2, 0.25) is 0 Å². The van der Waals surface area contributed by atoms with Gasteiger partial charge in [-0.1, -0.05) is 6.07 Å². The highest BCUT2D eigenvalue weighted by molar-refractivity contribution is 7.14. The molecule has 112 valence electrons. The van der Waals surface area contributed by atoms with Crippen molar-refractivity contribution in [3.8, 4) is 11.3 Å². The van der Waals surface area contributed by atoms with Crippen LogP contribution >= 0.6 is 11.3 Å². The third-order valence-electron chi connectivity index (χ3n) is 3.43. The maximum absolute atomic E-state index is 11.9. The smallest absolute Gasteiger partial charge is 0.245 e. The molecule has 0 unspecified atom stereocenters. The molecule has 5 heteroatoms.